The molecule has 0 fully saturated rings. The summed E-state index contributed by atoms with van der Waals surface area (Å²) in [5.41, 5.74) is 1.65. The van der Waals surface area contributed by atoms with Gasteiger partial charge in [0.2, 0.25) is 5.91 Å². The van der Waals surface area contributed by atoms with Crippen LogP contribution in [0.5, 0.6) is 0 Å². The first-order chi connectivity index (χ1) is 9.49. The summed E-state index contributed by atoms with van der Waals surface area (Å²) in [5.74, 6) is -1.22. The SMILES string of the molecule is CC(S)CC(=O)N1CC(c2cccnc2)=CC1C(=O)O. The van der Waals surface area contributed by atoms with Gasteiger partial charge in [0.05, 0.1) is 0 Å². The number of amides is 1. The van der Waals surface area contributed by atoms with E-state index in [9.17, 15) is 14.7 Å². The second-order valence-electron chi connectivity index (χ2n) is 4.79. The Balaban J connectivity index is 2.21. The van der Waals surface area contributed by atoms with Gasteiger partial charge in [0.25, 0.3) is 0 Å². The standard InChI is InChI=1S/C14H16N2O3S/c1-9(20)5-13(17)16-8-11(6-12(16)14(18)19)10-3-2-4-15-7-10/h2-4,6-7,9,12,20H,5,8H2,1H3,(H,18,19). The number of thiol groups is 1. The van der Waals surface area contributed by atoms with E-state index in [0.717, 1.165) is 11.1 Å². The molecule has 0 saturated carbocycles. The van der Waals surface area contributed by atoms with Crippen LogP contribution in [0.25, 0.3) is 5.57 Å². The molecular weight excluding hydrogens is 276 g/mol. The van der Waals surface area contributed by atoms with Crippen molar-refractivity contribution in [2.45, 2.75) is 24.6 Å². The van der Waals surface area contributed by atoms with Gasteiger partial charge >= 0.3 is 5.97 Å². The zero-order valence-electron chi connectivity index (χ0n) is 11.1. The van der Waals surface area contributed by atoms with Crippen molar-refractivity contribution >= 4 is 30.1 Å². The van der Waals surface area contributed by atoms with Crippen molar-refractivity contribution in [2.75, 3.05) is 6.54 Å². The highest BCUT2D eigenvalue weighted by atomic mass is 32.1. The lowest BCUT2D eigenvalue weighted by molar-refractivity contribution is -0.146. The van der Waals surface area contributed by atoms with Crippen LogP contribution in [0, 0.1) is 0 Å². The quantitative estimate of drug-likeness (QED) is 0.824. The van der Waals surface area contributed by atoms with Crippen LogP contribution in [0.15, 0.2) is 30.6 Å². The molecule has 106 valence electrons. The molecular formula is C14H16N2O3S. The smallest absolute Gasteiger partial charge is 0.330 e. The summed E-state index contributed by atoms with van der Waals surface area (Å²) in [6.45, 7) is 2.10. The molecule has 2 unspecified atom stereocenters. The number of aromatic nitrogens is 1. The molecule has 0 aromatic carbocycles. The molecule has 0 aliphatic carbocycles. The van der Waals surface area contributed by atoms with Crippen LogP contribution in [-0.2, 0) is 9.59 Å². The second-order valence-corrected chi connectivity index (χ2v) is 5.67. The number of carbonyl (C=O) groups is 2. The van der Waals surface area contributed by atoms with Gasteiger partial charge in [0.15, 0.2) is 0 Å². The minimum Gasteiger partial charge on any atom is -0.479 e. The molecule has 2 atom stereocenters. The van der Waals surface area contributed by atoms with Crippen LogP contribution >= 0.6 is 12.6 Å². The zero-order chi connectivity index (χ0) is 14.7. The lowest BCUT2D eigenvalue weighted by Gasteiger charge is -2.22. The lowest BCUT2D eigenvalue weighted by atomic mass is 10.1. The number of aliphatic carboxylic acids is 1. The molecule has 6 heteroatoms. The second kappa shape index (κ2) is 6.09. The molecule has 20 heavy (non-hydrogen) atoms. The number of carboxylic acid groups (broad SMARTS) is 1. The normalized spacial score (nSPS) is 19.6. The molecule has 1 aliphatic rings. The lowest BCUT2D eigenvalue weighted by Crippen LogP contribution is -2.41. The summed E-state index contributed by atoms with van der Waals surface area (Å²) < 4.78 is 0. The summed E-state index contributed by atoms with van der Waals surface area (Å²) in [6, 6.07) is 2.73. The molecule has 0 saturated heterocycles. The van der Waals surface area contributed by atoms with Gasteiger partial charge in [-0.3, -0.25) is 9.78 Å². The fourth-order valence-corrected chi connectivity index (χ4v) is 2.33. The van der Waals surface area contributed by atoms with Crippen molar-refractivity contribution in [3.63, 3.8) is 0 Å². The Morgan fingerprint density at radius 3 is 2.90 bits per heavy atom. The van der Waals surface area contributed by atoms with Crippen LogP contribution in [-0.4, -0.2) is 44.7 Å². The van der Waals surface area contributed by atoms with Crippen LogP contribution in [0.1, 0.15) is 18.9 Å². The van der Waals surface area contributed by atoms with E-state index in [0.29, 0.717) is 6.54 Å². The Morgan fingerprint density at radius 2 is 2.35 bits per heavy atom. The Hall–Kier alpha value is -1.82. The minimum absolute atomic E-state index is 0.0978. The maximum absolute atomic E-state index is 12.1. The molecule has 0 spiro atoms. The van der Waals surface area contributed by atoms with Crippen LogP contribution < -0.4 is 0 Å². The Labute approximate surface area is 122 Å². The van der Waals surface area contributed by atoms with E-state index in [1.807, 2.05) is 13.0 Å². The van der Waals surface area contributed by atoms with Gasteiger partial charge in [-0.05, 0) is 23.3 Å². The van der Waals surface area contributed by atoms with Crippen LogP contribution in [0.4, 0.5) is 0 Å². The van der Waals surface area contributed by atoms with Gasteiger partial charge in [-0.15, -0.1) is 0 Å². The highest BCUT2D eigenvalue weighted by Crippen LogP contribution is 2.26. The zero-order valence-corrected chi connectivity index (χ0v) is 12.0. The third-order valence-electron chi connectivity index (χ3n) is 3.11. The number of pyridine rings is 1. The first-order valence-corrected chi connectivity index (χ1v) is 6.82. The van der Waals surface area contributed by atoms with Crippen molar-refractivity contribution in [1.82, 2.24) is 9.88 Å². The van der Waals surface area contributed by atoms with Gasteiger partial charge < -0.3 is 10.0 Å². The molecule has 5 nitrogen and oxygen atoms in total. The monoisotopic (exact) mass is 292 g/mol. The predicted octanol–water partition coefficient (Wildman–Crippen LogP) is 1.47. The van der Waals surface area contributed by atoms with E-state index in [2.05, 4.69) is 17.6 Å². The highest BCUT2D eigenvalue weighted by molar-refractivity contribution is 7.80. The van der Waals surface area contributed by atoms with E-state index in [1.54, 1.807) is 24.5 Å². The van der Waals surface area contributed by atoms with E-state index >= 15 is 0 Å². The summed E-state index contributed by atoms with van der Waals surface area (Å²) >= 11 is 4.18. The molecule has 1 N–H and O–H groups in total. The van der Waals surface area contributed by atoms with Crippen LogP contribution in [0.2, 0.25) is 0 Å². The Morgan fingerprint density at radius 1 is 1.60 bits per heavy atom. The third kappa shape index (κ3) is 3.19. The minimum atomic E-state index is -1.02. The van der Waals surface area contributed by atoms with E-state index in [1.165, 1.54) is 4.90 Å². The largest absolute Gasteiger partial charge is 0.479 e. The molecule has 2 heterocycles. The topological polar surface area (TPSA) is 70.5 Å². The van der Waals surface area contributed by atoms with Crippen LogP contribution in [0.3, 0.4) is 0 Å². The summed E-state index contributed by atoms with van der Waals surface area (Å²) in [4.78, 5) is 28.8. The van der Waals surface area contributed by atoms with E-state index in [-0.39, 0.29) is 17.6 Å². The van der Waals surface area contributed by atoms with Gasteiger partial charge in [-0.25, -0.2) is 4.79 Å². The van der Waals surface area contributed by atoms with E-state index in [4.69, 9.17) is 0 Å². The number of hydrogen-bond donors (Lipinski definition) is 2. The number of nitrogens with zero attached hydrogens (tertiary/aromatic N) is 2. The number of carboxylic acids is 1. The van der Waals surface area contributed by atoms with Crippen molar-refractivity contribution in [2.24, 2.45) is 0 Å². The maximum Gasteiger partial charge on any atom is 0.330 e. The highest BCUT2D eigenvalue weighted by Gasteiger charge is 2.34. The average molecular weight is 292 g/mol. The first-order valence-electron chi connectivity index (χ1n) is 6.30. The molecule has 1 amide bonds. The van der Waals surface area contributed by atoms with Gasteiger partial charge in [-0.2, -0.15) is 12.6 Å². The fraction of sp³-hybridized carbons (Fsp3) is 0.357. The number of rotatable bonds is 4. The van der Waals surface area contributed by atoms with Crippen molar-refractivity contribution < 1.29 is 14.7 Å². The molecule has 1 aliphatic heterocycles. The Kier molecular flexibility index (Phi) is 4.44. The predicted molar refractivity (Wildman–Crippen MR) is 78.4 cm³/mol. The summed E-state index contributed by atoms with van der Waals surface area (Å²) in [7, 11) is 0. The third-order valence-corrected chi connectivity index (χ3v) is 3.29. The first kappa shape index (κ1) is 14.6. The maximum atomic E-state index is 12.1. The fourth-order valence-electron chi connectivity index (χ4n) is 2.17. The van der Waals surface area contributed by atoms with Crippen molar-refractivity contribution in [1.29, 1.82) is 0 Å². The average Bonchev–Trinajstić information content (AvgIpc) is 2.84. The summed E-state index contributed by atoms with van der Waals surface area (Å²) in [6.07, 6.45) is 5.15. The van der Waals surface area contributed by atoms with Crippen molar-refractivity contribution in [3.05, 3.63) is 36.2 Å². The molecule has 2 rings (SSSR count). The van der Waals surface area contributed by atoms with Gasteiger partial charge in [0, 0.05) is 30.6 Å². The molecule has 0 bridgehead atoms. The summed E-state index contributed by atoms with van der Waals surface area (Å²) in [5, 5.41) is 9.16. The molecule has 1 aromatic heterocycles. The molecule has 1 aromatic rings. The Bertz CT molecular complexity index is 543. The van der Waals surface area contributed by atoms with Crippen molar-refractivity contribution in [3.8, 4) is 0 Å². The van der Waals surface area contributed by atoms with Gasteiger partial charge in [0.1, 0.15) is 6.04 Å². The van der Waals surface area contributed by atoms with Gasteiger partial charge in [-0.1, -0.05) is 13.0 Å². The number of hydrogen-bond acceptors (Lipinski definition) is 4. The van der Waals surface area contributed by atoms with E-state index < -0.39 is 12.0 Å². The molecule has 0 radical (unpaired) electrons. The number of carbonyl (C=O) groups excluding carboxylic acids is 1.